The zero-order valence-corrected chi connectivity index (χ0v) is 17.1. The first-order valence-corrected chi connectivity index (χ1v) is 10.1. The maximum Gasteiger partial charge on any atom is 0.222 e. The molecule has 2 aromatic carbocycles. The smallest absolute Gasteiger partial charge is 0.222 e. The third-order valence-electron chi connectivity index (χ3n) is 4.71. The fourth-order valence-corrected chi connectivity index (χ4v) is 3.49. The number of aromatic nitrogens is 3. The number of hydrogen-bond donors (Lipinski definition) is 1. The van der Waals surface area contributed by atoms with Crippen molar-refractivity contribution in [3.05, 3.63) is 76.0 Å². The van der Waals surface area contributed by atoms with Crippen LogP contribution in [0.1, 0.15) is 40.5 Å². The van der Waals surface area contributed by atoms with Crippen molar-refractivity contribution >= 4 is 27.6 Å². The van der Waals surface area contributed by atoms with Gasteiger partial charge in [-0.3, -0.25) is 14.3 Å². The Bertz CT molecular complexity index is 1030. The third kappa shape index (κ3) is 4.71. The van der Waals surface area contributed by atoms with Gasteiger partial charge >= 0.3 is 0 Å². The van der Waals surface area contributed by atoms with E-state index in [1.165, 1.54) is 0 Å². The van der Waals surface area contributed by atoms with Crippen molar-refractivity contribution in [2.75, 3.05) is 0 Å². The number of nitrogens with zero attached hydrogens (tertiary/aromatic N) is 3. The van der Waals surface area contributed by atoms with E-state index in [9.17, 15) is 9.59 Å². The lowest BCUT2D eigenvalue weighted by molar-refractivity contribution is -0.122. The summed E-state index contributed by atoms with van der Waals surface area (Å²) in [6, 6.07) is 14.1. The molecule has 2 heterocycles. The van der Waals surface area contributed by atoms with E-state index in [1.54, 1.807) is 23.0 Å². The fourth-order valence-electron chi connectivity index (χ4n) is 3.23. The van der Waals surface area contributed by atoms with Gasteiger partial charge in [0.2, 0.25) is 5.91 Å². The van der Waals surface area contributed by atoms with Crippen molar-refractivity contribution in [2.45, 2.75) is 32.0 Å². The predicted molar refractivity (Wildman–Crippen MR) is 109 cm³/mol. The second-order valence-electron chi connectivity index (χ2n) is 6.80. The number of ether oxygens (including phenoxy) is 1. The molecule has 8 heteroatoms. The molecular formula is C21H19BrN4O3. The van der Waals surface area contributed by atoms with Gasteiger partial charge in [-0.1, -0.05) is 51.5 Å². The van der Waals surface area contributed by atoms with Crippen LogP contribution in [0.5, 0.6) is 5.75 Å². The average Bonchev–Trinajstić information content (AvgIpc) is 3.18. The van der Waals surface area contributed by atoms with Crippen molar-refractivity contribution in [3.63, 3.8) is 0 Å². The van der Waals surface area contributed by atoms with Crippen LogP contribution in [0.15, 0.2) is 59.2 Å². The summed E-state index contributed by atoms with van der Waals surface area (Å²) in [6.45, 7) is 0.673. The van der Waals surface area contributed by atoms with Gasteiger partial charge in [-0.2, -0.15) is 0 Å². The normalized spacial score (nSPS) is 16.6. The first kappa shape index (κ1) is 19.3. The van der Waals surface area contributed by atoms with E-state index in [1.807, 2.05) is 36.4 Å². The molecule has 0 spiro atoms. The standard InChI is InChI=1S/C21H19BrN4O3/c22-15-7-5-14(6-8-15)19(27)11-18-17-3-1-2-4-20(17)29-13-16-12-26(25-24-16)10-9-21(28)23-18/h1-8,12,18H,9-11,13H2,(H,23,28). The minimum absolute atomic E-state index is 0.0544. The number of benzene rings is 2. The van der Waals surface area contributed by atoms with Gasteiger partial charge < -0.3 is 10.1 Å². The number of Topliss-reactive ketones (excluding diaryl/α,β-unsaturated/α-hetero) is 1. The molecule has 29 heavy (non-hydrogen) atoms. The Morgan fingerprint density at radius 1 is 1.21 bits per heavy atom. The molecular weight excluding hydrogens is 436 g/mol. The van der Waals surface area contributed by atoms with Gasteiger partial charge in [-0.15, -0.1) is 5.10 Å². The van der Waals surface area contributed by atoms with E-state index in [4.69, 9.17) is 4.74 Å². The van der Waals surface area contributed by atoms with E-state index >= 15 is 0 Å². The highest BCUT2D eigenvalue weighted by Gasteiger charge is 2.23. The van der Waals surface area contributed by atoms with Crippen molar-refractivity contribution < 1.29 is 14.3 Å². The summed E-state index contributed by atoms with van der Waals surface area (Å²) in [4.78, 5) is 25.4. The summed E-state index contributed by atoms with van der Waals surface area (Å²) in [6.07, 6.45) is 2.15. The topological polar surface area (TPSA) is 86.1 Å². The number of amides is 1. The van der Waals surface area contributed by atoms with Crippen molar-refractivity contribution in [1.82, 2.24) is 20.3 Å². The van der Waals surface area contributed by atoms with Crippen LogP contribution in [-0.2, 0) is 17.9 Å². The summed E-state index contributed by atoms with van der Waals surface area (Å²) in [5, 5.41) is 11.1. The van der Waals surface area contributed by atoms with Crippen LogP contribution < -0.4 is 10.1 Å². The van der Waals surface area contributed by atoms with E-state index in [2.05, 4.69) is 31.6 Å². The minimum atomic E-state index is -0.496. The minimum Gasteiger partial charge on any atom is -0.487 e. The summed E-state index contributed by atoms with van der Waals surface area (Å²) in [5.41, 5.74) is 2.04. The molecule has 0 aliphatic carbocycles. The van der Waals surface area contributed by atoms with Crippen LogP contribution >= 0.6 is 15.9 Å². The Labute approximate surface area is 176 Å². The van der Waals surface area contributed by atoms with E-state index in [-0.39, 0.29) is 31.1 Å². The maximum atomic E-state index is 12.9. The number of carbonyl (C=O) groups is 2. The number of rotatable bonds is 3. The van der Waals surface area contributed by atoms with Gasteiger partial charge in [0.1, 0.15) is 18.1 Å². The van der Waals surface area contributed by atoms with Crippen molar-refractivity contribution in [3.8, 4) is 5.75 Å². The van der Waals surface area contributed by atoms with Gasteiger partial charge in [-0.05, 0) is 18.2 Å². The summed E-state index contributed by atoms with van der Waals surface area (Å²) >= 11 is 3.38. The largest absolute Gasteiger partial charge is 0.487 e. The second-order valence-corrected chi connectivity index (χ2v) is 7.72. The lowest BCUT2D eigenvalue weighted by Gasteiger charge is -2.22. The van der Waals surface area contributed by atoms with Crippen LogP contribution in [-0.4, -0.2) is 26.7 Å². The fraction of sp³-hybridized carbons (Fsp3) is 0.238. The molecule has 1 atom stereocenters. The molecule has 7 nitrogen and oxygen atoms in total. The molecule has 1 unspecified atom stereocenters. The zero-order valence-electron chi connectivity index (χ0n) is 15.5. The van der Waals surface area contributed by atoms with Gasteiger partial charge in [0, 0.05) is 28.4 Å². The SMILES string of the molecule is O=C1CCn2cc(nn2)COc2ccccc2C(CC(=O)c2ccc(Br)cc2)N1. The molecule has 1 aromatic heterocycles. The molecule has 3 aromatic rings. The molecule has 1 aliphatic heterocycles. The second kappa shape index (κ2) is 8.57. The molecule has 1 N–H and O–H groups in total. The highest BCUT2D eigenvalue weighted by Crippen LogP contribution is 2.29. The molecule has 148 valence electrons. The molecule has 0 fully saturated rings. The molecule has 2 bridgehead atoms. The number of ketones is 1. The molecule has 4 rings (SSSR count). The average molecular weight is 455 g/mol. The van der Waals surface area contributed by atoms with Crippen LogP contribution in [0.25, 0.3) is 0 Å². The highest BCUT2D eigenvalue weighted by molar-refractivity contribution is 9.10. The molecule has 0 saturated heterocycles. The lowest BCUT2D eigenvalue weighted by Crippen LogP contribution is -2.31. The van der Waals surface area contributed by atoms with Gasteiger partial charge in [-0.25, -0.2) is 0 Å². The first-order chi connectivity index (χ1) is 14.1. The van der Waals surface area contributed by atoms with E-state index < -0.39 is 6.04 Å². The number of hydrogen-bond acceptors (Lipinski definition) is 5. The number of aryl methyl sites for hydroxylation is 1. The molecule has 1 amide bonds. The van der Waals surface area contributed by atoms with Gasteiger partial charge in [0.05, 0.1) is 18.8 Å². The first-order valence-electron chi connectivity index (χ1n) is 9.27. The molecule has 1 aliphatic rings. The zero-order chi connectivity index (χ0) is 20.2. The quantitative estimate of drug-likeness (QED) is 0.612. The predicted octanol–water partition coefficient (Wildman–Crippen LogP) is 3.45. The Hall–Kier alpha value is -3.00. The van der Waals surface area contributed by atoms with Crippen LogP contribution in [0, 0.1) is 0 Å². The monoisotopic (exact) mass is 454 g/mol. The maximum absolute atomic E-state index is 12.9. The summed E-state index contributed by atoms with van der Waals surface area (Å²) < 4.78 is 8.46. The Morgan fingerprint density at radius 2 is 2.00 bits per heavy atom. The Morgan fingerprint density at radius 3 is 2.83 bits per heavy atom. The van der Waals surface area contributed by atoms with Gasteiger partial charge in [0.15, 0.2) is 5.78 Å². The van der Waals surface area contributed by atoms with Gasteiger partial charge in [0.25, 0.3) is 0 Å². The van der Waals surface area contributed by atoms with E-state index in [0.717, 1.165) is 10.0 Å². The number of fused-ring (bicyclic) bond motifs is 3. The number of para-hydroxylation sites is 1. The number of nitrogens with one attached hydrogen (secondary N) is 1. The van der Waals surface area contributed by atoms with Crippen molar-refractivity contribution in [1.29, 1.82) is 0 Å². The summed E-state index contributed by atoms with van der Waals surface area (Å²) in [7, 11) is 0. The Balaban J connectivity index is 1.63. The Kier molecular flexibility index (Phi) is 5.71. The van der Waals surface area contributed by atoms with Crippen molar-refractivity contribution in [2.24, 2.45) is 0 Å². The lowest BCUT2D eigenvalue weighted by atomic mass is 9.97. The molecule has 0 saturated carbocycles. The number of carbonyl (C=O) groups excluding carboxylic acids is 2. The van der Waals surface area contributed by atoms with E-state index in [0.29, 0.717) is 23.6 Å². The highest BCUT2D eigenvalue weighted by atomic mass is 79.9. The summed E-state index contributed by atoms with van der Waals surface area (Å²) in [5.74, 6) is 0.392. The molecule has 0 radical (unpaired) electrons. The third-order valence-corrected chi connectivity index (χ3v) is 5.24. The van der Waals surface area contributed by atoms with Crippen LogP contribution in [0.4, 0.5) is 0 Å². The number of halogens is 1. The van der Waals surface area contributed by atoms with Crippen LogP contribution in [0.3, 0.4) is 0 Å². The van der Waals surface area contributed by atoms with Crippen LogP contribution in [0.2, 0.25) is 0 Å².